The monoisotopic (exact) mass is 358 g/mol. The molecule has 2 saturated heterocycles. The second-order valence-electron chi connectivity index (χ2n) is 8.92. The molecule has 6 heteroatoms. The largest absolute Gasteiger partial charge is 0.411 e. The van der Waals surface area contributed by atoms with Crippen LogP contribution in [0.4, 0.5) is 0 Å². The first-order valence-corrected chi connectivity index (χ1v) is 11.7. The van der Waals surface area contributed by atoms with E-state index in [0.717, 1.165) is 5.57 Å². The molecule has 0 radical (unpaired) electrons. The minimum atomic E-state index is -1.94. The zero-order valence-corrected chi connectivity index (χ0v) is 17.2. The van der Waals surface area contributed by atoms with Gasteiger partial charge in [0.1, 0.15) is 18.3 Å². The Morgan fingerprint density at radius 1 is 1.33 bits per heavy atom. The van der Waals surface area contributed by atoms with Crippen LogP contribution in [0.2, 0.25) is 18.1 Å². The van der Waals surface area contributed by atoms with Crippen molar-refractivity contribution in [3.63, 3.8) is 0 Å². The second kappa shape index (κ2) is 6.82. The predicted octanol–water partition coefficient (Wildman–Crippen LogP) is 3.23. The van der Waals surface area contributed by atoms with Crippen LogP contribution >= 0.6 is 0 Å². The average Bonchev–Trinajstić information content (AvgIpc) is 2.77. The summed E-state index contributed by atoms with van der Waals surface area (Å²) in [5, 5.41) is 9.93. The van der Waals surface area contributed by atoms with Crippen molar-refractivity contribution < 1.29 is 23.7 Å². The number of hydrogen-bond donors (Lipinski definition) is 1. The maximum atomic E-state index is 9.82. The minimum absolute atomic E-state index is 0.0694. The van der Waals surface area contributed by atoms with Gasteiger partial charge in [-0.1, -0.05) is 27.4 Å². The molecule has 140 valence electrons. The van der Waals surface area contributed by atoms with E-state index in [2.05, 4.69) is 40.4 Å². The Balaban J connectivity index is 2.07. The summed E-state index contributed by atoms with van der Waals surface area (Å²) in [6, 6.07) is 0. The molecule has 24 heavy (non-hydrogen) atoms. The molecule has 2 fully saturated rings. The summed E-state index contributed by atoms with van der Waals surface area (Å²) in [5.74, 6) is -0.600. The van der Waals surface area contributed by atoms with Crippen LogP contribution in [0.25, 0.3) is 0 Å². The molecule has 0 aliphatic carbocycles. The third-order valence-corrected chi connectivity index (χ3v) is 9.91. The molecule has 0 aromatic heterocycles. The average molecular weight is 359 g/mol. The fourth-order valence-corrected chi connectivity index (χ4v) is 4.27. The van der Waals surface area contributed by atoms with Gasteiger partial charge < -0.3 is 23.7 Å². The highest BCUT2D eigenvalue weighted by atomic mass is 28.4. The van der Waals surface area contributed by atoms with Gasteiger partial charge in [0.25, 0.3) is 0 Å². The summed E-state index contributed by atoms with van der Waals surface area (Å²) in [6.45, 7) is 19.4. The molecule has 5 nitrogen and oxygen atoms in total. The lowest BCUT2D eigenvalue weighted by Gasteiger charge is -2.45. The number of rotatable bonds is 4. The van der Waals surface area contributed by atoms with Gasteiger partial charge >= 0.3 is 0 Å². The van der Waals surface area contributed by atoms with Crippen LogP contribution < -0.4 is 0 Å². The lowest BCUT2D eigenvalue weighted by atomic mass is 9.94. The summed E-state index contributed by atoms with van der Waals surface area (Å²) in [7, 11) is -1.94. The molecule has 2 aliphatic heterocycles. The van der Waals surface area contributed by atoms with Crippen LogP contribution in [0, 0.1) is 0 Å². The van der Waals surface area contributed by atoms with Gasteiger partial charge in [-0.25, -0.2) is 0 Å². The van der Waals surface area contributed by atoms with E-state index in [4.69, 9.17) is 18.6 Å². The number of aliphatic hydroxyl groups excluding tert-OH is 1. The van der Waals surface area contributed by atoms with Crippen LogP contribution in [0.3, 0.4) is 0 Å². The molecule has 0 amide bonds. The topological polar surface area (TPSA) is 57.2 Å². The quantitative estimate of drug-likeness (QED) is 0.618. The Morgan fingerprint density at radius 2 is 1.96 bits per heavy atom. The van der Waals surface area contributed by atoms with E-state index in [1.165, 1.54) is 0 Å². The zero-order chi connectivity index (χ0) is 18.3. The standard InChI is InChI=1S/C18H34O5Si/c1-12-9-13(23-24(7,8)17(2,3)4)14(10-19)21-16(12)15-11-20-18(5,6)22-15/h13-16,19H,1,9-11H2,2-8H3/t13-,14+,15-,16+/m0/s1. The number of ether oxygens (including phenoxy) is 3. The molecule has 0 aromatic carbocycles. The fourth-order valence-electron chi connectivity index (χ4n) is 2.93. The predicted molar refractivity (Wildman–Crippen MR) is 96.5 cm³/mol. The first-order valence-electron chi connectivity index (χ1n) is 8.80. The number of hydrogen-bond acceptors (Lipinski definition) is 5. The molecule has 0 bridgehead atoms. The van der Waals surface area contributed by atoms with Crippen LogP contribution in [-0.4, -0.2) is 56.8 Å². The van der Waals surface area contributed by atoms with Crippen LogP contribution in [-0.2, 0) is 18.6 Å². The van der Waals surface area contributed by atoms with Gasteiger partial charge in [-0.15, -0.1) is 0 Å². The Kier molecular flexibility index (Phi) is 5.70. The Morgan fingerprint density at radius 3 is 2.42 bits per heavy atom. The van der Waals surface area contributed by atoms with E-state index in [0.29, 0.717) is 13.0 Å². The van der Waals surface area contributed by atoms with Gasteiger partial charge in [-0.2, -0.15) is 0 Å². The third kappa shape index (κ3) is 4.29. The molecule has 1 N–H and O–H groups in total. The van der Waals surface area contributed by atoms with Crippen LogP contribution in [0.15, 0.2) is 12.2 Å². The van der Waals surface area contributed by atoms with Gasteiger partial charge in [-0.3, -0.25) is 0 Å². The molecule has 2 rings (SSSR count). The molecule has 4 atom stereocenters. The van der Waals surface area contributed by atoms with Gasteiger partial charge in [-0.05, 0) is 44.0 Å². The summed E-state index contributed by atoms with van der Waals surface area (Å²) >= 11 is 0. The van der Waals surface area contributed by atoms with E-state index in [9.17, 15) is 5.11 Å². The van der Waals surface area contributed by atoms with E-state index in [1.54, 1.807) is 0 Å². The van der Waals surface area contributed by atoms with Gasteiger partial charge in [0.05, 0.1) is 19.3 Å². The highest BCUT2D eigenvalue weighted by molar-refractivity contribution is 6.74. The van der Waals surface area contributed by atoms with Gasteiger partial charge in [0.15, 0.2) is 14.1 Å². The van der Waals surface area contributed by atoms with Crippen molar-refractivity contribution in [3.8, 4) is 0 Å². The molecule has 2 aliphatic rings. The highest BCUT2D eigenvalue weighted by Gasteiger charge is 2.47. The zero-order valence-electron chi connectivity index (χ0n) is 16.2. The van der Waals surface area contributed by atoms with Crippen molar-refractivity contribution in [1.29, 1.82) is 0 Å². The Hall–Kier alpha value is -0.243. The fraction of sp³-hybridized carbons (Fsp3) is 0.889. The Bertz CT molecular complexity index is 469. The molecule has 0 aromatic rings. The lowest BCUT2D eigenvalue weighted by Crippen LogP contribution is -2.53. The maximum absolute atomic E-state index is 9.82. The summed E-state index contributed by atoms with van der Waals surface area (Å²) in [4.78, 5) is 0. The SMILES string of the molecule is C=C1C[C@H](O[Si](C)(C)C(C)(C)C)[C@@H](CO)O[C@H]1[C@@H]1COC(C)(C)O1. The van der Waals surface area contributed by atoms with Crippen molar-refractivity contribution in [2.24, 2.45) is 0 Å². The summed E-state index contributed by atoms with van der Waals surface area (Å²) in [5.41, 5.74) is 0.953. The van der Waals surface area contributed by atoms with Crippen molar-refractivity contribution in [3.05, 3.63) is 12.2 Å². The van der Waals surface area contributed by atoms with Gasteiger partial charge in [0.2, 0.25) is 0 Å². The summed E-state index contributed by atoms with van der Waals surface area (Å²) in [6.07, 6.45) is -0.279. The smallest absolute Gasteiger partial charge is 0.192 e. The first-order chi connectivity index (χ1) is 10.9. The van der Waals surface area contributed by atoms with E-state index < -0.39 is 14.1 Å². The normalized spacial score (nSPS) is 34.6. The molecule has 0 unspecified atom stereocenters. The second-order valence-corrected chi connectivity index (χ2v) is 13.7. The third-order valence-electron chi connectivity index (χ3n) is 5.40. The molecular weight excluding hydrogens is 324 g/mol. The van der Waals surface area contributed by atoms with Crippen molar-refractivity contribution in [1.82, 2.24) is 0 Å². The van der Waals surface area contributed by atoms with Crippen molar-refractivity contribution >= 4 is 8.32 Å². The van der Waals surface area contributed by atoms with E-state index in [-0.39, 0.29) is 36.1 Å². The Labute approximate surface area is 147 Å². The van der Waals surface area contributed by atoms with Crippen molar-refractivity contribution in [2.75, 3.05) is 13.2 Å². The molecule has 2 heterocycles. The molecular formula is C18H34O5Si. The molecule has 0 saturated carbocycles. The summed E-state index contributed by atoms with van der Waals surface area (Å²) < 4.78 is 24.2. The lowest BCUT2D eigenvalue weighted by molar-refractivity contribution is -0.175. The van der Waals surface area contributed by atoms with E-state index in [1.807, 2.05) is 13.8 Å². The number of aliphatic hydroxyl groups is 1. The van der Waals surface area contributed by atoms with Crippen LogP contribution in [0.1, 0.15) is 41.0 Å². The highest BCUT2D eigenvalue weighted by Crippen LogP contribution is 2.40. The van der Waals surface area contributed by atoms with Crippen molar-refractivity contribution in [2.45, 2.75) is 89.4 Å². The minimum Gasteiger partial charge on any atom is -0.411 e. The van der Waals surface area contributed by atoms with E-state index >= 15 is 0 Å². The van der Waals surface area contributed by atoms with Crippen LogP contribution in [0.5, 0.6) is 0 Å². The molecule has 0 spiro atoms. The van der Waals surface area contributed by atoms with Gasteiger partial charge in [0, 0.05) is 0 Å². The maximum Gasteiger partial charge on any atom is 0.192 e. The first kappa shape index (κ1) is 20.1.